The van der Waals surface area contributed by atoms with E-state index < -0.39 is 0 Å². The summed E-state index contributed by atoms with van der Waals surface area (Å²) >= 11 is 5.92. The van der Waals surface area contributed by atoms with Crippen molar-refractivity contribution in [2.75, 3.05) is 0 Å². The maximum Gasteiger partial charge on any atom is 0.0408 e. The van der Waals surface area contributed by atoms with Gasteiger partial charge in [-0.15, -0.1) is 0 Å². The molecule has 0 aliphatic carbocycles. The molecular formula is C14H12Cl. The molecule has 0 heterocycles. The molecule has 0 bridgehead atoms. The Bertz CT molecular complexity index is 443. The first-order valence-corrected chi connectivity index (χ1v) is 5.29. The van der Waals surface area contributed by atoms with Gasteiger partial charge in [0.05, 0.1) is 0 Å². The van der Waals surface area contributed by atoms with Crippen molar-refractivity contribution in [1.82, 2.24) is 0 Å². The molecule has 0 unspecified atom stereocenters. The highest BCUT2D eigenvalue weighted by molar-refractivity contribution is 6.30. The lowest BCUT2D eigenvalue weighted by Gasteiger charge is -2.02. The minimum atomic E-state index is 0.774. The Hall–Kier alpha value is -1.27. The minimum absolute atomic E-state index is 0.774. The molecule has 1 heteroatoms. The topological polar surface area (TPSA) is 0 Å². The molecule has 0 saturated carbocycles. The fourth-order valence-electron chi connectivity index (χ4n) is 1.45. The van der Waals surface area contributed by atoms with Crippen molar-refractivity contribution in [1.29, 1.82) is 0 Å². The lowest BCUT2D eigenvalue weighted by atomic mass is 10.0. The Labute approximate surface area is 95.5 Å². The van der Waals surface area contributed by atoms with Crippen molar-refractivity contribution in [2.45, 2.75) is 6.92 Å². The van der Waals surface area contributed by atoms with Gasteiger partial charge in [-0.3, -0.25) is 0 Å². The van der Waals surface area contributed by atoms with E-state index in [1.807, 2.05) is 24.3 Å². The molecule has 0 atom stereocenters. The summed E-state index contributed by atoms with van der Waals surface area (Å²) < 4.78 is 0. The van der Waals surface area contributed by atoms with Crippen molar-refractivity contribution < 1.29 is 0 Å². The predicted molar refractivity (Wildman–Crippen MR) is 65.1 cm³/mol. The van der Waals surface area contributed by atoms with Crippen LogP contribution in [0.25, 0.3) is 0 Å². The maximum absolute atomic E-state index is 5.92. The van der Waals surface area contributed by atoms with E-state index in [-0.39, 0.29) is 0 Å². The van der Waals surface area contributed by atoms with Crippen LogP contribution in [0.2, 0.25) is 5.02 Å². The number of aryl methyl sites for hydroxylation is 1. The lowest BCUT2D eigenvalue weighted by Crippen LogP contribution is -1.84. The molecule has 0 aliphatic rings. The van der Waals surface area contributed by atoms with E-state index in [0.717, 1.165) is 10.6 Å². The van der Waals surface area contributed by atoms with E-state index in [4.69, 9.17) is 11.6 Å². The molecule has 0 nitrogen and oxygen atoms in total. The number of benzene rings is 2. The van der Waals surface area contributed by atoms with E-state index in [9.17, 15) is 0 Å². The molecule has 0 aliphatic heterocycles. The molecule has 2 aromatic rings. The number of rotatable bonds is 2. The third kappa shape index (κ3) is 2.84. The molecule has 0 fully saturated rings. The Morgan fingerprint density at radius 1 is 0.933 bits per heavy atom. The van der Waals surface area contributed by atoms with Gasteiger partial charge in [0.15, 0.2) is 0 Å². The molecule has 0 amide bonds. The van der Waals surface area contributed by atoms with E-state index >= 15 is 0 Å². The Balaban J connectivity index is 2.18. The first kappa shape index (κ1) is 10.3. The van der Waals surface area contributed by atoms with E-state index in [2.05, 4.69) is 37.6 Å². The molecule has 1 radical (unpaired) electrons. The first-order chi connectivity index (χ1) is 7.24. The molecule has 75 valence electrons. The van der Waals surface area contributed by atoms with Crippen LogP contribution in [0.3, 0.4) is 0 Å². The monoisotopic (exact) mass is 215 g/mol. The van der Waals surface area contributed by atoms with Crippen LogP contribution in [0, 0.1) is 13.3 Å². The van der Waals surface area contributed by atoms with Gasteiger partial charge in [0, 0.05) is 11.4 Å². The van der Waals surface area contributed by atoms with Crippen molar-refractivity contribution in [3.05, 3.63) is 76.7 Å². The summed E-state index contributed by atoms with van der Waals surface area (Å²) in [4.78, 5) is 0. The second-order valence-electron chi connectivity index (χ2n) is 3.61. The lowest BCUT2D eigenvalue weighted by molar-refractivity contribution is 1.39. The van der Waals surface area contributed by atoms with Crippen LogP contribution >= 0.6 is 11.6 Å². The normalized spacial score (nSPS) is 10.3. The summed E-state index contributed by atoms with van der Waals surface area (Å²) in [5.74, 6) is 0. The first-order valence-electron chi connectivity index (χ1n) is 4.91. The zero-order valence-corrected chi connectivity index (χ0v) is 9.33. The largest absolute Gasteiger partial charge is 0.0843 e. The van der Waals surface area contributed by atoms with Gasteiger partial charge in [-0.1, -0.05) is 53.6 Å². The highest BCUT2D eigenvalue weighted by atomic mass is 35.5. The Kier molecular flexibility index (Phi) is 3.08. The van der Waals surface area contributed by atoms with E-state index in [1.165, 1.54) is 11.1 Å². The average Bonchev–Trinajstić information content (AvgIpc) is 2.22. The van der Waals surface area contributed by atoms with Gasteiger partial charge >= 0.3 is 0 Å². The zero-order chi connectivity index (χ0) is 10.7. The van der Waals surface area contributed by atoms with E-state index in [0.29, 0.717) is 0 Å². The number of halogens is 1. The second kappa shape index (κ2) is 4.50. The van der Waals surface area contributed by atoms with Gasteiger partial charge < -0.3 is 0 Å². The Morgan fingerprint density at radius 2 is 1.67 bits per heavy atom. The van der Waals surface area contributed by atoms with Gasteiger partial charge in [-0.25, -0.2) is 0 Å². The van der Waals surface area contributed by atoms with Crippen LogP contribution in [0.4, 0.5) is 0 Å². The van der Waals surface area contributed by atoms with Gasteiger partial charge in [0.2, 0.25) is 0 Å². The summed E-state index contributed by atoms with van der Waals surface area (Å²) in [5, 5.41) is 0.774. The van der Waals surface area contributed by atoms with Crippen molar-refractivity contribution in [2.24, 2.45) is 0 Å². The predicted octanol–water partition coefficient (Wildman–Crippen LogP) is 4.25. The summed E-state index contributed by atoms with van der Waals surface area (Å²) in [6, 6.07) is 16.3. The number of hydrogen-bond donors (Lipinski definition) is 0. The second-order valence-corrected chi connectivity index (χ2v) is 4.05. The van der Waals surface area contributed by atoms with Crippen LogP contribution < -0.4 is 0 Å². The molecule has 0 saturated heterocycles. The standard InChI is InChI=1S/C14H12Cl/c1-11-5-7-12(8-6-11)9-13-3-2-4-14(15)10-13/h2-10H,1H3. The van der Waals surface area contributed by atoms with Crippen LogP contribution in [0.15, 0.2) is 48.5 Å². The molecule has 15 heavy (non-hydrogen) atoms. The highest BCUT2D eigenvalue weighted by Gasteiger charge is 1.97. The quantitative estimate of drug-likeness (QED) is 0.703. The third-order valence-electron chi connectivity index (χ3n) is 2.26. The van der Waals surface area contributed by atoms with Gasteiger partial charge in [-0.05, 0) is 30.2 Å². The van der Waals surface area contributed by atoms with Crippen molar-refractivity contribution in [3.63, 3.8) is 0 Å². The van der Waals surface area contributed by atoms with Crippen LogP contribution in [-0.4, -0.2) is 0 Å². The van der Waals surface area contributed by atoms with Gasteiger partial charge in [0.1, 0.15) is 0 Å². The SMILES string of the molecule is Cc1ccc([CH]c2cccc(Cl)c2)cc1. The fraction of sp³-hybridized carbons (Fsp3) is 0.0714. The summed E-state index contributed by atoms with van der Waals surface area (Å²) in [6.07, 6.45) is 2.12. The summed E-state index contributed by atoms with van der Waals surface area (Å²) in [7, 11) is 0. The van der Waals surface area contributed by atoms with E-state index in [1.54, 1.807) is 0 Å². The molecule has 0 spiro atoms. The smallest absolute Gasteiger partial charge is 0.0408 e. The van der Waals surface area contributed by atoms with Crippen molar-refractivity contribution in [3.8, 4) is 0 Å². The summed E-state index contributed by atoms with van der Waals surface area (Å²) in [5.41, 5.74) is 3.60. The molecule has 0 N–H and O–H groups in total. The molecular weight excluding hydrogens is 204 g/mol. The third-order valence-corrected chi connectivity index (χ3v) is 2.49. The summed E-state index contributed by atoms with van der Waals surface area (Å²) in [6.45, 7) is 2.09. The fourth-order valence-corrected chi connectivity index (χ4v) is 1.65. The van der Waals surface area contributed by atoms with Crippen LogP contribution in [0.1, 0.15) is 16.7 Å². The zero-order valence-electron chi connectivity index (χ0n) is 8.57. The van der Waals surface area contributed by atoms with Gasteiger partial charge in [0.25, 0.3) is 0 Å². The molecule has 2 rings (SSSR count). The maximum atomic E-state index is 5.92. The Morgan fingerprint density at radius 3 is 2.33 bits per heavy atom. The average molecular weight is 216 g/mol. The van der Waals surface area contributed by atoms with Gasteiger partial charge in [-0.2, -0.15) is 0 Å². The highest BCUT2D eigenvalue weighted by Crippen LogP contribution is 2.16. The number of hydrogen-bond acceptors (Lipinski definition) is 0. The van der Waals surface area contributed by atoms with Crippen LogP contribution in [-0.2, 0) is 0 Å². The van der Waals surface area contributed by atoms with Crippen LogP contribution in [0.5, 0.6) is 0 Å². The van der Waals surface area contributed by atoms with Crippen molar-refractivity contribution >= 4 is 11.6 Å². The molecule has 2 aromatic carbocycles. The minimum Gasteiger partial charge on any atom is -0.0843 e. The molecule has 0 aromatic heterocycles.